The van der Waals surface area contributed by atoms with Crippen LogP contribution in [0, 0.1) is 0 Å². The molecule has 0 radical (unpaired) electrons. The molecule has 3 rings (SSSR count). The second kappa shape index (κ2) is 5.35. The van der Waals surface area contributed by atoms with Crippen molar-refractivity contribution in [3.63, 3.8) is 0 Å². The molecule has 1 aromatic heterocycles. The fourth-order valence-electron chi connectivity index (χ4n) is 2.88. The monoisotopic (exact) mass is 331 g/mol. The van der Waals surface area contributed by atoms with Crippen LogP contribution < -0.4 is 0 Å². The number of benzene rings is 1. The second-order valence-corrected chi connectivity index (χ2v) is 6.01. The first kappa shape index (κ1) is 13.3. The molecule has 0 amide bonds. The van der Waals surface area contributed by atoms with Crippen LogP contribution in [0.15, 0.2) is 46.1 Å². The molecule has 4 nitrogen and oxygen atoms in total. The summed E-state index contributed by atoms with van der Waals surface area (Å²) >= 11 is 3.39. The van der Waals surface area contributed by atoms with E-state index in [0.717, 1.165) is 41.4 Å². The SMILES string of the molecule is O=C=NC1(c2ccc(-n3cc(Br)cn3)cc2)CCCC1. The Kier molecular flexibility index (Phi) is 3.55. The van der Waals surface area contributed by atoms with Crippen molar-refractivity contribution < 1.29 is 4.79 Å². The molecule has 20 heavy (non-hydrogen) atoms. The van der Waals surface area contributed by atoms with Gasteiger partial charge >= 0.3 is 0 Å². The third-order valence-electron chi connectivity index (χ3n) is 3.91. The van der Waals surface area contributed by atoms with Gasteiger partial charge in [0, 0.05) is 6.20 Å². The zero-order valence-electron chi connectivity index (χ0n) is 10.9. The number of halogens is 1. The number of hydrogen-bond donors (Lipinski definition) is 0. The van der Waals surface area contributed by atoms with Crippen LogP contribution in [-0.4, -0.2) is 15.9 Å². The summed E-state index contributed by atoms with van der Waals surface area (Å²) in [5.74, 6) is 0. The summed E-state index contributed by atoms with van der Waals surface area (Å²) in [6.07, 6.45) is 9.48. The van der Waals surface area contributed by atoms with Crippen molar-refractivity contribution in [2.24, 2.45) is 4.99 Å². The van der Waals surface area contributed by atoms with E-state index in [-0.39, 0.29) is 5.54 Å². The van der Waals surface area contributed by atoms with Crippen LogP contribution in [0.25, 0.3) is 5.69 Å². The molecule has 1 saturated carbocycles. The van der Waals surface area contributed by atoms with Crippen molar-refractivity contribution in [3.05, 3.63) is 46.7 Å². The molecule has 1 aliphatic rings. The highest BCUT2D eigenvalue weighted by Crippen LogP contribution is 2.42. The highest BCUT2D eigenvalue weighted by atomic mass is 79.9. The molecular weight excluding hydrogens is 318 g/mol. The van der Waals surface area contributed by atoms with Gasteiger partial charge in [0.25, 0.3) is 0 Å². The molecule has 0 unspecified atom stereocenters. The van der Waals surface area contributed by atoms with Gasteiger partial charge in [0.1, 0.15) is 0 Å². The molecule has 0 saturated heterocycles. The van der Waals surface area contributed by atoms with Gasteiger partial charge < -0.3 is 0 Å². The Bertz CT molecular complexity index is 650. The lowest BCUT2D eigenvalue weighted by Gasteiger charge is -2.22. The van der Waals surface area contributed by atoms with Crippen LogP contribution in [0.5, 0.6) is 0 Å². The minimum absolute atomic E-state index is 0.356. The fourth-order valence-corrected chi connectivity index (χ4v) is 3.16. The molecular formula is C15H14BrN3O. The van der Waals surface area contributed by atoms with E-state index in [1.54, 1.807) is 17.0 Å². The number of aliphatic imine (C=N–C) groups is 1. The summed E-state index contributed by atoms with van der Waals surface area (Å²) in [4.78, 5) is 14.8. The molecule has 1 aliphatic carbocycles. The standard InChI is InChI=1S/C15H14BrN3O/c16-13-9-18-19(10-13)14-5-3-12(4-6-14)15(17-11-20)7-1-2-8-15/h3-6,9-10H,1-2,7-8H2. The molecule has 5 heteroatoms. The van der Waals surface area contributed by atoms with Crippen molar-refractivity contribution in [2.45, 2.75) is 31.2 Å². The first-order valence-electron chi connectivity index (χ1n) is 6.64. The largest absolute Gasteiger partial charge is 0.240 e. The number of hydrogen-bond acceptors (Lipinski definition) is 3. The topological polar surface area (TPSA) is 47.2 Å². The Hall–Kier alpha value is -1.71. The fraction of sp³-hybridized carbons (Fsp3) is 0.333. The number of rotatable bonds is 3. The van der Waals surface area contributed by atoms with Gasteiger partial charge in [-0.25, -0.2) is 9.48 Å². The minimum Gasteiger partial charge on any atom is -0.240 e. The quantitative estimate of drug-likeness (QED) is 0.635. The van der Waals surface area contributed by atoms with Gasteiger partial charge in [-0.3, -0.25) is 0 Å². The van der Waals surface area contributed by atoms with E-state index in [1.165, 1.54) is 0 Å². The van der Waals surface area contributed by atoms with E-state index in [9.17, 15) is 4.79 Å². The summed E-state index contributed by atoms with van der Waals surface area (Å²) in [5, 5.41) is 4.25. The molecule has 0 N–H and O–H groups in total. The molecule has 0 atom stereocenters. The molecule has 1 aromatic carbocycles. The number of aromatic nitrogens is 2. The van der Waals surface area contributed by atoms with Crippen molar-refractivity contribution in [1.82, 2.24) is 9.78 Å². The Balaban J connectivity index is 1.94. The predicted molar refractivity (Wildman–Crippen MR) is 79.5 cm³/mol. The van der Waals surface area contributed by atoms with Gasteiger partial charge in [-0.1, -0.05) is 25.0 Å². The first-order chi connectivity index (χ1) is 9.73. The summed E-state index contributed by atoms with van der Waals surface area (Å²) in [5.41, 5.74) is 1.72. The van der Waals surface area contributed by atoms with Crippen LogP contribution in [0.2, 0.25) is 0 Å². The van der Waals surface area contributed by atoms with E-state index >= 15 is 0 Å². The Labute approximate surface area is 125 Å². The third kappa shape index (κ3) is 2.35. The Morgan fingerprint density at radius 1 is 1.25 bits per heavy atom. The highest BCUT2D eigenvalue weighted by Gasteiger charge is 2.35. The zero-order chi connectivity index (χ0) is 14.0. The van der Waals surface area contributed by atoms with Gasteiger partial charge in [0.15, 0.2) is 0 Å². The summed E-state index contributed by atoms with van der Waals surface area (Å²) in [7, 11) is 0. The van der Waals surface area contributed by atoms with Gasteiger partial charge in [0.2, 0.25) is 6.08 Å². The lowest BCUT2D eigenvalue weighted by atomic mass is 9.89. The third-order valence-corrected chi connectivity index (χ3v) is 4.32. The van der Waals surface area contributed by atoms with Crippen molar-refractivity contribution in [1.29, 1.82) is 0 Å². The van der Waals surface area contributed by atoms with Crippen molar-refractivity contribution in [2.75, 3.05) is 0 Å². The smallest absolute Gasteiger partial charge is 0.235 e. The molecule has 0 spiro atoms. The zero-order valence-corrected chi connectivity index (χ0v) is 12.5. The average molecular weight is 332 g/mol. The van der Waals surface area contributed by atoms with Crippen molar-refractivity contribution >= 4 is 22.0 Å². The average Bonchev–Trinajstić information content (AvgIpc) is 3.10. The van der Waals surface area contributed by atoms with Gasteiger partial charge in [0.05, 0.1) is 21.9 Å². The summed E-state index contributed by atoms with van der Waals surface area (Å²) in [6, 6.07) is 8.10. The Morgan fingerprint density at radius 3 is 2.50 bits per heavy atom. The lowest BCUT2D eigenvalue weighted by molar-refractivity contribution is 0.456. The van der Waals surface area contributed by atoms with Crippen LogP contribution in [0.1, 0.15) is 31.2 Å². The van der Waals surface area contributed by atoms with Crippen LogP contribution in [0.4, 0.5) is 0 Å². The molecule has 0 aliphatic heterocycles. The second-order valence-electron chi connectivity index (χ2n) is 5.09. The van der Waals surface area contributed by atoms with E-state index in [4.69, 9.17) is 0 Å². The maximum absolute atomic E-state index is 10.7. The number of isocyanates is 1. The van der Waals surface area contributed by atoms with Crippen LogP contribution in [-0.2, 0) is 10.3 Å². The van der Waals surface area contributed by atoms with Crippen LogP contribution in [0.3, 0.4) is 0 Å². The van der Waals surface area contributed by atoms with Gasteiger partial charge in [-0.2, -0.15) is 10.1 Å². The predicted octanol–water partition coefficient (Wildman–Crippen LogP) is 3.74. The summed E-state index contributed by atoms with van der Waals surface area (Å²) < 4.78 is 2.75. The van der Waals surface area contributed by atoms with E-state index in [2.05, 4.69) is 26.0 Å². The maximum atomic E-state index is 10.7. The summed E-state index contributed by atoms with van der Waals surface area (Å²) in [6.45, 7) is 0. The minimum atomic E-state index is -0.356. The highest BCUT2D eigenvalue weighted by molar-refractivity contribution is 9.10. The normalized spacial score (nSPS) is 16.9. The van der Waals surface area contributed by atoms with Crippen LogP contribution >= 0.6 is 15.9 Å². The number of carbonyl (C=O) groups excluding carboxylic acids is 1. The van der Waals surface area contributed by atoms with E-state index in [0.29, 0.717) is 0 Å². The molecule has 0 bridgehead atoms. The van der Waals surface area contributed by atoms with Crippen molar-refractivity contribution in [3.8, 4) is 5.69 Å². The first-order valence-corrected chi connectivity index (χ1v) is 7.43. The lowest BCUT2D eigenvalue weighted by Crippen LogP contribution is -2.18. The van der Waals surface area contributed by atoms with Gasteiger partial charge in [-0.05, 0) is 46.5 Å². The Morgan fingerprint density at radius 2 is 1.95 bits per heavy atom. The molecule has 2 aromatic rings. The molecule has 1 heterocycles. The van der Waals surface area contributed by atoms with E-state index < -0.39 is 0 Å². The number of nitrogens with zero attached hydrogens (tertiary/aromatic N) is 3. The van der Waals surface area contributed by atoms with E-state index in [1.807, 2.05) is 30.5 Å². The van der Waals surface area contributed by atoms with Gasteiger partial charge in [-0.15, -0.1) is 0 Å². The molecule has 102 valence electrons. The maximum Gasteiger partial charge on any atom is 0.235 e. The molecule has 1 fully saturated rings.